The van der Waals surface area contributed by atoms with Crippen molar-refractivity contribution in [3.63, 3.8) is 0 Å². The summed E-state index contributed by atoms with van der Waals surface area (Å²) in [6, 6.07) is 1.92. The third kappa shape index (κ3) is 1.79. The second-order valence-electron chi connectivity index (χ2n) is 2.36. The van der Waals surface area contributed by atoms with Crippen LogP contribution >= 0.6 is 0 Å². The predicted octanol–water partition coefficient (Wildman–Crippen LogP) is 0.136. The molecule has 0 saturated carbocycles. The highest BCUT2D eigenvalue weighted by molar-refractivity contribution is 5.11. The zero-order valence-corrected chi connectivity index (χ0v) is 6.23. The average molecular weight is 151 g/mol. The monoisotopic (exact) mass is 151 g/mol. The summed E-state index contributed by atoms with van der Waals surface area (Å²) in [5.74, 6) is 0.339. The third-order valence-corrected chi connectivity index (χ3v) is 1.28. The first-order valence-corrected chi connectivity index (χ1v) is 3.33. The highest BCUT2D eigenvalue weighted by atomic mass is 16.3. The van der Waals surface area contributed by atoms with Crippen molar-refractivity contribution < 1.29 is 5.11 Å². The molecule has 1 aromatic heterocycles. The first-order valence-electron chi connectivity index (χ1n) is 3.33. The zero-order valence-electron chi connectivity index (χ0n) is 6.23. The van der Waals surface area contributed by atoms with E-state index in [1.165, 1.54) is 0 Å². The van der Waals surface area contributed by atoms with Crippen molar-refractivity contribution in [1.29, 1.82) is 5.26 Å². The number of aromatic nitrogens is 2. The molecule has 1 aromatic rings. The smallest absolute Gasteiger partial charge is 0.212 e. The Bertz CT molecular complexity index is 271. The van der Waals surface area contributed by atoms with Gasteiger partial charge in [-0.1, -0.05) is 0 Å². The molecule has 1 rings (SSSR count). The average Bonchev–Trinajstić information content (AvgIpc) is 2.34. The number of hydrogen-bond donors (Lipinski definition) is 1. The molecule has 1 N–H and O–H groups in total. The molecule has 0 radical (unpaired) electrons. The molecule has 0 unspecified atom stereocenters. The molecule has 0 bridgehead atoms. The molecule has 1 atom stereocenters. The molecule has 1 heterocycles. The molecule has 11 heavy (non-hydrogen) atoms. The van der Waals surface area contributed by atoms with Gasteiger partial charge in [0.15, 0.2) is 0 Å². The van der Waals surface area contributed by atoms with E-state index < -0.39 is 6.10 Å². The van der Waals surface area contributed by atoms with Crippen LogP contribution < -0.4 is 0 Å². The van der Waals surface area contributed by atoms with Crippen LogP contribution in [0.5, 0.6) is 0 Å². The number of nitriles is 1. The van der Waals surface area contributed by atoms with Crippen molar-refractivity contribution in [1.82, 2.24) is 9.55 Å². The Labute approximate surface area is 64.7 Å². The van der Waals surface area contributed by atoms with E-state index in [-0.39, 0.29) is 0 Å². The van der Waals surface area contributed by atoms with Gasteiger partial charge in [0.2, 0.25) is 5.82 Å². The molecule has 0 aliphatic heterocycles. The van der Waals surface area contributed by atoms with Gasteiger partial charge < -0.3 is 9.67 Å². The summed E-state index contributed by atoms with van der Waals surface area (Å²) < 4.78 is 1.62. The predicted molar refractivity (Wildman–Crippen MR) is 38.6 cm³/mol. The van der Waals surface area contributed by atoms with Gasteiger partial charge >= 0.3 is 0 Å². The lowest BCUT2D eigenvalue weighted by atomic mass is 10.4. The molecule has 4 heteroatoms. The van der Waals surface area contributed by atoms with E-state index in [4.69, 9.17) is 10.4 Å². The molecule has 0 aromatic carbocycles. The maximum absolute atomic E-state index is 8.99. The van der Waals surface area contributed by atoms with E-state index in [9.17, 15) is 0 Å². The van der Waals surface area contributed by atoms with Crippen LogP contribution in [0.3, 0.4) is 0 Å². The van der Waals surface area contributed by atoms with Crippen LogP contribution in [0, 0.1) is 11.3 Å². The number of rotatable bonds is 2. The van der Waals surface area contributed by atoms with Crippen LogP contribution in [0.25, 0.3) is 0 Å². The van der Waals surface area contributed by atoms with Crippen LogP contribution in [0.2, 0.25) is 0 Å². The third-order valence-electron chi connectivity index (χ3n) is 1.28. The Balaban J connectivity index is 2.79. The van der Waals surface area contributed by atoms with Crippen LogP contribution in [-0.2, 0) is 6.54 Å². The maximum Gasteiger partial charge on any atom is 0.212 e. The summed E-state index contributed by atoms with van der Waals surface area (Å²) in [4.78, 5) is 3.78. The number of hydrogen-bond acceptors (Lipinski definition) is 3. The Hall–Kier alpha value is -1.34. The van der Waals surface area contributed by atoms with Gasteiger partial charge in [-0.15, -0.1) is 0 Å². The lowest BCUT2D eigenvalue weighted by Crippen LogP contribution is -2.12. The second kappa shape index (κ2) is 3.17. The van der Waals surface area contributed by atoms with Gasteiger partial charge in [-0.2, -0.15) is 5.26 Å². The van der Waals surface area contributed by atoms with Crippen LogP contribution in [0.4, 0.5) is 0 Å². The molecule has 4 nitrogen and oxygen atoms in total. The topological polar surface area (TPSA) is 61.8 Å². The van der Waals surface area contributed by atoms with E-state index >= 15 is 0 Å². The molecule has 58 valence electrons. The fourth-order valence-corrected chi connectivity index (χ4v) is 0.854. The molecular formula is C7H9N3O. The summed E-state index contributed by atoms with van der Waals surface area (Å²) in [6.45, 7) is 2.09. The van der Waals surface area contributed by atoms with E-state index in [1.54, 1.807) is 23.9 Å². The first kappa shape index (κ1) is 7.76. The van der Waals surface area contributed by atoms with E-state index in [0.29, 0.717) is 12.4 Å². The van der Waals surface area contributed by atoms with Gasteiger partial charge in [0.1, 0.15) is 6.07 Å². The van der Waals surface area contributed by atoms with Gasteiger partial charge in [0.05, 0.1) is 12.6 Å². The zero-order chi connectivity index (χ0) is 8.27. The van der Waals surface area contributed by atoms with Crippen molar-refractivity contribution in [3.05, 3.63) is 18.2 Å². The first-order chi connectivity index (χ1) is 5.24. The minimum absolute atomic E-state index is 0.339. The van der Waals surface area contributed by atoms with Gasteiger partial charge in [0, 0.05) is 12.4 Å². The highest BCUT2D eigenvalue weighted by Gasteiger charge is 2.02. The summed E-state index contributed by atoms with van der Waals surface area (Å²) in [5.41, 5.74) is 0. The Kier molecular flexibility index (Phi) is 2.24. The minimum atomic E-state index is -0.448. The Morgan fingerprint density at radius 3 is 3.18 bits per heavy atom. The van der Waals surface area contributed by atoms with Crippen LogP contribution in [0.1, 0.15) is 12.7 Å². The second-order valence-corrected chi connectivity index (χ2v) is 2.36. The summed E-state index contributed by atoms with van der Waals surface area (Å²) in [7, 11) is 0. The number of imidazole rings is 1. The minimum Gasteiger partial charge on any atom is -0.392 e. The van der Waals surface area contributed by atoms with Gasteiger partial charge in [-0.3, -0.25) is 0 Å². The van der Waals surface area contributed by atoms with Crippen LogP contribution in [-0.4, -0.2) is 20.8 Å². The van der Waals surface area contributed by atoms with Crippen molar-refractivity contribution in [2.75, 3.05) is 0 Å². The largest absolute Gasteiger partial charge is 0.392 e. The fourth-order valence-electron chi connectivity index (χ4n) is 0.854. The molecule has 0 saturated heterocycles. The van der Waals surface area contributed by atoms with E-state index in [1.807, 2.05) is 6.07 Å². The Morgan fingerprint density at radius 2 is 2.64 bits per heavy atom. The maximum atomic E-state index is 8.99. The molecule has 0 aliphatic carbocycles. The van der Waals surface area contributed by atoms with E-state index in [2.05, 4.69) is 4.98 Å². The van der Waals surface area contributed by atoms with E-state index in [0.717, 1.165) is 0 Å². The van der Waals surface area contributed by atoms with Gasteiger partial charge in [-0.25, -0.2) is 4.98 Å². The molecule has 0 fully saturated rings. The SMILES string of the molecule is C[C@H](O)Cn1ccnc1C#N. The quantitative estimate of drug-likeness (QED) is 0.653. The van der Waals surface area contributed by atoms with Gasteiger partial charge in [0.25, 0.3) is 0 Å². The van der Waals surface area contributed by atoms with Crippen molar-refractivity contribution in [2.24, 2.45) is 0 Å². The molecular weight excluding hydrogens is 142 g/mol. The lowest BCUT2D eigenvalue weighted by molar-refractivity contribution is 0.173. The van der Waals surface area contributed by atoms with Crippen LogP contribution in [0.15, 0.2) is 12.4 Å². The summed E-state index contributed by atoms with van der Waals surface area (Å²) in [5, 5.41) is 17.5. The molecule has 0 spiro atoms. The number of nitrogens with zero attached hydrogens (tertiary/aromatic N) is 3. The molecule has 0 aliphatic rings. The van der Waals surface area contributed by atoms with Crippen molar-refractivity contribution in [3.8, 4) is 6.07 Å². The van der Waals surface area contributed by atoms with Crippen molar-refractivity contribution >= 4 is 0 Å². The molecule has 0 amide bonds. The van der Waals surface area contributed by atoms with Crippen molar-refractivity contribution in [2.45, 2.75) is 19.6 Å². The Morgan fingerprint density at radius 1 is 1.91 bits per heavy atom. The standard InChI is InChI=1S/C7H9N3O/c1-6(11)5-10-3-2-9-7(10)4-8/h2-3,6,11H,5H2,1H3/t6-/m0/s1. The fraction of sp³-hybridized carbons (Fsp3) is 0.429. The lowest BCUT2D eigenvalue weighted by Gasteiger charge is -2.04. The highest BCUT2D eigenvalue weighted by Crippen LogP contribution is 1.97. The van der Waals surface area contributed by atoms with Gasteiger partial charge in [-0.05, 0) is 6.92 Å². The number of aliphatic hydroxyl groups excluding tert-OH is 1. The summed E-state index contributed by atoms with van der Waals surface area (Å²) >= 11 is 0. The normalized spacial score (nSPS) is 12.5. The number of aliphatic hydroxyl groups is 1. The summed E-state index contributed by atoms with van der Waals surface area (Å²) in [6.07, 6.45) is 2.77.